The number of piperazine rings is 1. The van der Waals surface area contributed by atoms with Gasteiger partial charge in [0.15, 0.2) is 0 Å². The van der Waals surface area contributed by atoms with E-state index in [4.69, 9.17) is 0 Å². The highest BCUT2D eigenvalue weighted by molar-refractivity contribution is 8.04. The van der Waals surface area contributed by atoms with Crippen molar-refractivity contribution in [2.75, 3.05) is 51.2 Å². The van der Waals surface area contributed by atoms with Gasteiger partial charge in [-0.15, -0.1) is 0 Å². The number of hydrogen-bond donors (Lipinski definition) is 1. The quantitative estimate of drug-likeness (QED) is 0.320. The zero-order valence-corrected chi connectivity index (χ0v) is 23.5. The van der Waals surface area contributed by atoms with Crippen LogP contribution in [0, 0.1) is 6.92 Å². The molecule has 0 aromatic heterocycles. The molecule has 2 amide bonds. The van der Waals surface area contributed by atoms with Crippen molar-refractivity contribution in [3.05, 3.63) is 100.0 Å². The first-order chi connectivity index (χ1) is 19.0. The third-order valence-electron chi connectivity index (χ3n) is 7.31. The number of aryl methyl sites for hydroxylation is 1. The lowest BCUT2D eigenvalue weighted by Gasteiger charge is -2.34. The van der Waals surface area contributed by atoms with Crippen LogP contribution in [0.5, 0.6) is 0 Å². The average molecular weight is 541 g/mol. The van der Waals surface area contributed by atoms with Crippen LogP contribution in [0.15, 0.2) is 82.6 Å². The molecule has 0 radical (unpaired) electrons. The largest absolute Gasteiger partial charge is 0.352 e. The van der Waals surface area contributed by atoms with Gasteiger partial charge in [-0.25, -0.2) is 0 Å². The highest BCUT2D eigenvalue weighted by Gasteiger charge is 2.27. The standard InChI is InChI=1S/C32H36N4O2S/c1-24-8-6-11-26(20-24)21-30-32(38)34(2)28-22-27(12-13-29(28)39-30)31(37)33-14-7-15-35-16-18-36(19-17-35)23-25-9-4-3-5-10-25/h3-6,8-13,20-22H,7,14-19,23H2,1-2H3,(H,33,37)/b30-21-. The highest BCUT2D eigenvalue weighted by atomic mass is 32.2. The van der Waals surface area contributed by atoms with E-state index >= 15 is 0 Å². The molecule has 1 N–H and O–H groups in total. The van der Waals surface area contributed by atoms with Crippen LogP contribution in [0.2, 0.25) is 0 Å². The fourth-order valence-corrected chi connectivity index (χ4v) is 6.16. The minimum atomic E-state index is -0.0996. The first-order valence-electron chi connectivity index (χ1n) is 13.6. The van der Waals surface area contributed by atoms with Crippen LogP contribution in [0.1, 0.15) is 33.5 Å². The normalized spacial score (nSPS) is 17.3. The Hall–Kier alpha value is -3.39. The van der Waals surface area contributed by atoms with Crippen molar-refractivity contribution in [3.63, 3.8) is 0 Å². The van der Waals surface area contributed by atoms with Crippen LogP contribution < -0.4 is 10.2 Å². The fourth-order valence-electron chi connectivity index (χ4n) is 5.07. The van der Waals surface area contributed by atoms with E-state index in [-0.39, 0.29) is 11.8 Å². The maximum absolute atomic E-state index is 13.1. The molecule has 7 heteroatoms. The van der Waals surface area contributed by atoms with Crippen LogP contribution >= 0.6 is 11.8 Å². The smallest absolute Gasteiger partial charge is 0.264 e. The molecule has 0 atom stereocenters. The summed E-state index contributed by atoms with van der Waals surface area (Å²) < 4.78 is 0. The van der Waals surface area contributed by atoms with Crippen molar-refractivity contribution in [2.45, 2.75) is 24.8 Å². The summed E-state index contributed by atoms with van der Waals surface area (Å²) in [5.74, 6) is -0.159. The van der Waals surface area contributed by atoms with E-state index in [1.807, 2.05) is 49.4 Å². The lowest BCUT2D eigenvalue weighted by molar-refractivity contribution is -0.114. The van der Waals surface area contributed by atoms with E-state index in [0.717, 1.165) is 67.4 Å². The Morgan fingerprint density at radius 3 is 2.49 bits per heavy atom. The van der Waals surface area contributed by atoms with E-state index < -0.39 is 0 Å². The number of amides is 2. The molecule has 0 aliphatic carbocycles. The maximum Gasteiger partial charge on any atom is 0.264 e. The second-order valence-corrected chi connectivity index (χ2v) is 11.4. The number of anilines is 1. The van der Waals surface area contributed by atoms with Gasteiger partial charge in [0, 0.05) is 56.8 Å². The van der Waals surface area contributed by atoms with E-state index in [9.17, 15) is 9.59 Å². The second-order valence-electron chi connectivity index (χ2n) is 10.3. The first kappa shape index (κ1) is 27.2. The van der Waals surface area contributed by atoms with Gasteiger partial charge in [-0.3, -0.25) is 14.5 Å². The van der Waals surface area contributed by atoms with Crippen molar-refractivity contribution in [2.24, 2.45) is 0 Å². The van der Waals surface area contributed by atoms with E-state index in [1.165, 1.54) is 17.3 Å². The molecule has 2 aliphatic heterocycles. The average Bonchev–Trinajstić information content (AvgIpc) is 2.95. The van der Waals surface area contributed by atoms with Gasteiger partial charge in [0.25, 0.3) is 11.8 Å². The molecule has 1 saturated heterocycles. The van der Waals surface area contributed by atoms with Crippen molar-refractivity contribution < 1.29 is 9.59 Å². The molecule has 0 unspecified atom stereocenters. The van der Waals surface area contributed by atoms with Crippen molar-refractivity contribution in [3.8, 4) is 0 Å². The molecular weight excluding hydrogens is 504 g/mol. The minimum absolute atomic E-state index is 0.0598. The number of nitrogens with zero attached hydrogens (tertiary/aromatic N) is 3. The third-order valence-corrected chi connectivity index (χ3v) is 8.39. The number of rotatable bonds is 8. The molecule has 39 heavy (non-hydrogen) atoms. The summed E-state index contributed by atoms with van der Waals surface area (Å²) in [5, 5.41) is 3.06. The Morgan fingerprint density at radius 2 is 1.72 bits per heavy atom. The molecule has 6 nitrogen and oxygen atoms in total. The summed E-state index contributed by atoms with van der Waals surface area (Å²) in [6.45, 7) is 8.93. The molecule has 2 heterocycles. The molecule has 2 aliphatic rings. The minimum Gasteiger partial charge on any atom is -0.352 e. The Kier molecular flexibility index (Phi) is 8.81. The first-order valence-corrected chi connectivity index (χ1v) is 14.4. The van der Waals surface area contributed by atoms with Gasteiger partial charge in [0.1, 0.15) is 0 Å². The Morgan fingerprint density at radius 1 is 0.949 bits per heavy atom. The van der Waals surface area contributed by atoms with Crippen LogP contribution in [-0.2, 0) is 11.3 Å². The lowest BCUT2D eigenvalue weighted by Crippen LogP contribution is -2.46. The Labute approximate surface area is 235 Å². The van der Waals surface area contributed by atoms with Gasteiger partial charge in [0.05, 0.1) is 10.6 Å². The van der Waals surface area contributed by atoms with Gasteiger partial charge >= 0.3 is 0 Å². The van der Waals surface area contributed by atoms with E-state index in [0.29, 0.717) is 17.0 Å². The van der Waals surface area contributed by atoms with Crippen molar-refractivity contribution in [1.29, 1.82) is 0 Å². The number of carbonyl (C=O) groups is 2. The molecule has 0 saturated carbocycles. The number of carbonyl (C=O) groups excluding carboxylic acids is 2. The molecule has 0 bridgehead atoms. The van der Waals surface area contributed by atoms with Gasteiger partial charge in [-0.05, 0) is 55.3 Å². The van der Waals surface area contributed by atoms with Crippen LogP contribution in [0.4, 0.5) is 5.69 Å². The molecule has 202 valence electrons. The summed E-state index contributed by atoms with van der Waals surface area (Å²) >= 11 is 1.46. The van der Waals surface area contributed by atoms with Crippen LogP contribution in [0.3, 0.4) is 0 Å². The number of hydrogen-bond acceptors (Lipinski definition) is 5. The SMILES string of the molecule is Cc1cccc(/C=C2\Sc3ccc(C(=O)NCCCN4CCN(Cc5ccccc5)CC4)cc3N(C)C2=O)c1. The maximum atomic E-state index is 13.1. The van der Waals surface area contributed by atoms with Gasteiger partial charge in [-0.2, -0.15) is 0 Å². The van der Waals surface area contributed by atoms with Crippen LogP contribution in [-0.4, -0.2) is 67.9 Å². The summed E-state index contributed by atoms with van der Waals surface area (Å²) in [5.41, 5.74) is 4.88. The molecule has 3 aromatic carbocycles. The molecular formula is C32H36N4O2S. The van der Waals surface area contributed by atoms with Gasteiger partial charge < -0.3 is 15.1 Å². The van der Waals surface area contributed by atoms with Gasteiger partial charge in [0.2, 0.25) is 0 Å². The topological polar surface area (TPSA) is 55.9 Å². The number of thioether (sulfide) groups is 1. The molecule has 5 rings (SSSR count). The monoisotopic (exact) mass is 540 g/mol. The molecule has 0 spiro atoms. The summed E-state index contributed by atoms with van der Waals surface area (Å²) in [4.78, 5) is 34.2. The zero-order chi connectivity index (χ0) is 27.2. The lowest BCUT2D eigenvalue weighted by atomic mass is 10.1. The Balaban J connectivity index is 1.09. The van der Waals surface area contributed by atoms with Gasteiger partial charge in [-0.1, -0.05) is 71.9 Å². The third kappa shape index (κ3) is 6.98. The predicted octanol–water partition coefficient (Wildman–Crippen LogP) is 5.04. The number of likely N-dealkylation sites (N-methyl/N-ethyl adjacent to an activating group) is 1. The summed E-state index contributed by atoms with van der Waals surface area (Å²) in [7, 11) is 1.77. The number of benzene rings is 3. The predicted molar refractivity (Wildman–Crippen MR) is 160 cm³/mol. The van der Waals surface area contributed by atoms with Crippen molar-refractivity contribution in [1.82, 2.24) is 15.1 Å². The van der Waals surface area contributed by atoms with Crippen LogP contribution in [0.25, 0.3) is 6.08 Å². The molecule has 3 aromatic rings. The Bertz CT molecular complexity index is 1350. The van der Waals surface area contributed by atoms with Crippen molar-refractivity contribution >= 4 is 35.3 Å². The zero-order valence-electron chi connectivity index (χ0n) is 22.7. The fraction of sp³-hybridized carbons (Fsp3) is 0.312. The second kappa shape index (κ2) is 12.6. The highest BCUT2D eigenvalue weighted by Crippen LogP contribution is 2.42. The summed E-state index contributed by atoms with van der Waals surface area (Å²) in [6, 6.07) is 24.4. The number of nitrogens with one attached hydrogen (secondary N) is 1. The summed E-state index contributed by atoms with van der Waals surface area (Å²) in [6.07, 6.45) is 2.85. The van der Waals surface area contributed by atoms with E-state index in [1.54, 1.807) is 11.9 Å². The molecule has 1 fully saturated rings. The van der Waals surface area contributed by atoms with E-state index in [2.05, 4.69) is 51.5 Å². The number of fused-ring (bicyclic) bond motifs is 1.